The van der Waals surface area contributed by atoms with Crippen molar-refractivity contribution >= 4 is 38.6 Å². The maximum Gasteiger partial charge on any atom is 0.257 e. The van der Waals surface area contributed by atoms with Gasteiger partial charge in [-0.05, 0) is 83.7 Å². The lowest BCUT2D eigenvalue weighted by atomic mass is 10.1. The van der Waals surface area contributed by atoms with Crippen molar-refractivity contribution < 1.29 is 9.21 Å². The third kappa shape index (κ3) is 3.55. The smallest absolute Gasteiger partial charge is 0.257 e. The molecule has 2 aromatic carbocycles. The molecule has 0 radical (unpaired) electrons. The predicted molar refractivity (Wildman–Crippen MR) is 114 cm³/mol. The molecule has 0 spiro atoms. The Morgan fingerprint density at radius 2 is 1.79 bits per heavy atom. The Kier molecular flexibility index (Phi) is 4.73. The Morgan fingerprint density at radius 1 is 1.00 bits per heavy atom. The van der Waals surface area contributed by atoms with E-state index in [1.807, 2.05) is 44.2 Å². The summed E-state index contributed by atoms with van der Waals surface area (Å²) in [5.41, 5.74) is 6.85. The van der Waals surface area contributed by atoms with Crippen LogP contribution >= 0.6 is 15.9 Å². The van der Waals surface area contributed by atoms with Crippen LogP contribution in [-0.4, -0.2) is 15.9 Å². The van der Waals surface area contributed by atoms with Gasteiger partial charge in [-0.25, -0.2) is 4.98 Å². The number of fused-ring (bicyclic) bond motifs is 1. The van der Waals surface area contributed by atoms with E-state index >= 15 is 0 Å². The van der Waals surface area contributed by atoms with Crippen molar-refractivity contribution in [2.24, 2.45) is 0 Å². The fourth-order valence-electron chi connectivity index (χ4n) is 2.92. The molecule has 2 heterocycles. The molecule has 4 aromatic rings. The maximum atomic E-state index is 12.6. The topological polar surface area (TPSA) is 68.0 Å². The standard InChI is InChI=1S/C22H18BrN3O2/c1-12-4-5-15(22-26-19-6-13(2)14(3)7-20(19)28-22)9-18(12)25-21(27)16-8-17(23)11-24-10-16/h4-11H,1-3H3,(H,25,27). The zero-order chi connectivity index (χ0) is 19.8. The molecule has 0 saturated heterocycles. The number of halogens is 1. The molecule has 5 nitrogen and oxygen atoms in total. The van der Waals surface area contributed by atoms with Crippen molar-refractivity contribution in [2.45, 2.75) is 20.8 Å². The van der Waals surface area contributed by atoms with Gasteiger partial charge in [0.25, 0.3) is 5.91 Å². The first kappa shape index (κ1) is 18.4. The summed E-state index contributed by atoms with van der Waals surface area (Å²) >= 11 is 3.34. The summed E-state index contributed by atoms with van der Waals surface area (Å²) in [6.45, 7) is 6.05. The molecule has 0 aliphatic rings. The number of amides is 1. The van der Waals surface area contributed by atoms with Gasteiger partial charge in [-0.1, -0.05) is 6.07 Å². The van der Waals surface area contributed by atoms with Crippen LogP contribution in [0.3, 0.4) is 0 Å². The van der Waals surface area contributed by atoms with Crippen LogP contribution in [0.1, 0.15) is 27.0 Å². The molecule has 0 fully saturated rings. The summed E-state index contributed by atoms with van der Waals surface area (Å²) in [5, 5.41) is 2.95. The van der Waals surface area contributed by atoms with E-state index in [9.17, 15) is 4.79 Å². The van der Waals surface area contributed by atoms with Gasteiger partial charge in [-0.3, -0.25) is 9.78 Å². The number of carbonyl (C=O) groups is 1. The lowest BCUT2D eigenvalue weighted by Gasteiger charge is -2.09. The summed E-state index contributed by atoms with van der Waals surface area (Å²) in [6, 6.07) is 11.5. The van der Waals surface area contributed by atoms with E-state index in [0.29, 0.717) is 17.1 Å². The zero-order valence-electron chi connectivity index (χ0n) is 15.7. The lowest BCUT2D eigenvalue weighted by Crippen LogP contribution is -2.13. The van der Waals surface area contributed by atoms with E-state index in [0.717, 1.165) is 32.3 Å². The van der Waals surface area contributed by atoms with Gasteiger partial charge >= 0.3 is 0 Å². The molecular formula is C22H18BrN3O2. The highest BCUT2D eigenvalue weighted by molar-refractivity contribution is 9.10. The van der Waals surface area contributed by atoms with Crippen LogP contribution in [0.5, 0.6) is 0 Å². The molecule has 2 aromatic heterocycles. The minimum absolute atomic E-state index is 0.224. The van der Waals surface area contributed by atoms with Gasteiger partial charge in [0.2, 0.25) is 5.89 Å². The Balaban J connectivity index is 1.68. The van der Waals surface area contributed by atoms with Crippen molar-refractivity contribution in [3.63, 3.8) is 0 Å². The van der Waals surface area contributed by atoms with Gasteiger partial charge in [0.05, 0.1) is 5.56 Å². The number of carbonyl (C=O) groups excluding carboxylic acids is 1. The van der Waals surface area contributed by atoms with Crippen LogP contribution in [0.2, 0.25) is 0 Å². The van der Waals surface area contributed by atoms with E-state index in [-0.39, 0.29) is 5.91 Å². The molecule has 0 unspecified atom stereocenters. The fraction of sp³-hybridized carbons (Fsp3) is 0.136. The maximum absolute atomic E-state index is 12.6. The predicted octanol–water partition coefficient (Wildman–Crippen LogP) is 5.83. The van der Waals surface area contributed by atoms with Crippen LogP contribution < -0.4 is 5.32 Å². The number of nitrogens with zero attached hydrogens (tertiary/aromatic N) is 2. The van der Waals surface area contributed by atoms with Crippen molar-refractivity contribution in [3.8, 4) is 11.5 Å². The highest BCUT2D eigenvalue weighted by atomic mass is 79.9. The Hall–Kier alpha value is -2.99. The number of rotatable bonds is 3. The normalized spacial score (nSPS) is 11.0. The molecular weight excluding hydrogens is 418 g/mol. The number of hydrogen-bond acceptors (Lipinski definition) is 4. The van der Waals surface area contributed by atoms with Gasteiger partial charge in [0.15, 0.2) is 5.58 Å². The largest absolute Gasteiger partial charge is 0.436 e. The van der Waals surface area contributed by atoms with Crippen LogP contribution in [0.15, 0.2) is 57.7 Å². The average molecular weight is 436 g/mol. The van der Waals surface area contributed by atoms with Crippen LogP contribution in [0.25, 0.3) is 22.6 Å². The molecule has 0 saturated carbocycles. The molecule has 140 valence electrons. The first-order valence-corrected chi connectivity index (χ1v) is 9.61. The van der Waals surface area contributed by atoms with E-state index in [1.165, 1.54) is 11.8 Å². The number of aryl methyl sites for hydroxylation is 3. The van der Waals surface area contributed by atoms with Crippen LogP contribution in [0, 0.1) is 20.8 Å². The number of nitrogens with one attached hydrogen (secondary N) is 1. The van der Waals surface area contributed by atoms with E-state index in [1.54, 1.807) is 12.3 Å². The highest BCUT2D eigenvalue weighted by Crippen LogP contribution is 2.29. The molecule has 1 N–H and O–H groups in total. The SMILES string of the molecule is Cc1cc2nc(-c3ccc(C)c(NC(=O)c4cncc(Br)c4)c3)oc2cc1C. The first-order valence-electron chi connectivity index (χ1n) is 8.81. The summed E-state index contributed by atoms with van der Waals surface area (Å²) in [5.74, 6) is 0.303. The number of oxazole rings is 1. The molecule has 0 atom stereocenters. The summed E-state index contributed by atoms with van der Waals surface area (Å²) in [7, 11) is 0. The minimum atomic E-state index is -0.224. The molecule has 0 bridgehead atoms. The Labute approximate surface area is 170 Å². The number of hydrogen-bond donors (Lipinski definition) is 1. The van der Waals surface area contributed by atoms with E-state index in [2.05, 4.69) is 38.1 Å². The molecule has 0 aliphatic carbocycles. The van der Waals surface area contributed by atoms with Crippen molar-refractivity contribution in [1.29, 1.82) is 0 Å². The van der Waals surface area contributed by atoms with E-state index in [4.69, 9.17) is 4.42 Å². The van der Waals surface area contributed by atoms with Gasteiger partial charge in [0.1, 0.15) is 5.52 Å². The average Bonchev–Trinajstić information content (AvgIpc) is 3.06. The number of aromatic nitrogens is 2. The monoisotopic (exact) mass is 435 g/mol. The summed E-state index contributed by atoms with van der Waals surface area (Å²) in [6.07, 6.45) is 3.17. The Bertz CT molecular complexity index is 1170. The Morgan fingerprint density at radius 3 is 2.57 bits per heavy atom. The van der Waals surface area contributed by atoms with E-state index < -0.39 is 0 Å². The van der Waals surface area contributed by atoms with Gasteiger partial charge < -0.3 is 9.73 Å². The van der Waals surface area contributed by atoms with Crippen LogP contribution in [-0.2, 0) is 0 Å². The summed E-state index contributed by atoms with van der Waals surface area (Å²) in [4.78, 5) is 21.2. The van der Waals surface area contributed by atoms with Crippen molar-refractivity contribution in [3.05, 3.63) is 75.5 Å². The number of pyridine rings is 1. The highest BCUT2D eigenvalue weighted by Gasteiger charge is 2.13. The lowest BCUT2D eigenvalue weighted by molar-refractivity contribution is 0.102. The molecule has 1 amide bonds. The van der Waals surface area contributed by atoms with Crippen LogP contribution in [0.4, 0.5) is 5.69 Å². The second-order valence-corrected chi connectivity index (χ2v) is 7.71. The molecule has 6 heteroatoms. The second-order valence-electron chi connectivity index (χ2n) is 6.80. The second kappa shape index (κ2) is 7.20. The minimum Gasteiger partial charge on any atom is -0.436 e. The fourth-order valence-corrected chi connectivity index (χ4v) is 3.29. The quantitative estimate of drug-likeness (QED) is 0.439. The molecule has 0 aliphatic heterocycles. The van der Waals surface area contributed by atoms with Crippen molar-refractivity contribution in [1.82, 2.24) is 9.97 Å². The molecule has 28 heavy (non-hydrogen) atoms. The van der Waals surface area contributed by atoms with Gasteiger partial charge in [0, 0.05) is 28.1 Å². The third-order valence-corrected chi connectivity index (χ3v) is 5.14. The number of anilines is 1. The third-order valence-electron chi connectivity index (χ3n) is 4.70. The first-order chi connectivity index (χ1) is 13.4. The summed E-state index contributed by atoms with van der Waals surface area (Å²) < 4.78 is 6.70. The van der Waals surface area contributed by atoms with Gasteiger partial charge in [-0.15, -0.1) is 0 Å². The van der Waals surface area contributed by atoms with Crippen molar-refractivity contribution in [2.75, 3.05) is 5.32 Å². The zero-order valence-corrected chi connectivity index (χ0v) is 17.3. The van der Waals surface area contributed by atoms with Gasteiger partial charge in [-0.2, -0.15) is 0 Å². The molecule has 4 rings (SSSR count). The number of benzene rings is 2.